The highest BCUT2D eigenvalue weighted by molar-refractivity contribution is 5.94. The van der Waals surface area contributed by atoms with Gasteiger partial charge in [0.15, 0.2) is 6.04 Å². The Morgan fingerprint density at radius 1 is 0.788 bits per heavy atom. The van der Waals surface area contributed by atoms with E-state index in [0.29, 0.717) is 19.4 Å². The maximum Gasteiger partial charge on any atom is 0.328 e. The van der Waals surface area contributed by atoms with E-state index in [1.807, 2.05) is 0 Å². The van der Waals surface area contributed by atoms with E-state index in [1.54, 1.807) is 0 Å². The van der Waals surface area contributed by atoms with Crippen molar-refractivity contribution >= 4 is 29.7 Å². The summed E-state index contributed by atoms with van der Waals surface area (Å²) in [5, 5.41) is 43.9. The summed E-state index contributed by atoms with van der Waals surface area (Å²) >= 11 is 0. The smallest absolute Gasteiger partial charge is 0.328 e. The lowest BCUT2D eigenvalue weighted by Gasteiger charge is -2.26. The van der Waals surface area contributed by atoms with Gasteiger partial charge < -0.3 is 47.8 Å². The Labute approximate surface area is 191 Å². The minimum absolute atomic E-state index is 0.0632. The van der Waals surface area contributed by atoms with Gasteiger partial charge >= 0.3 is 11.9 Å². The van der Waals surface area contributed by atoms with Crippen LogP contribution in [0.4, 0.5) is 0 Å². The monoisotopic (exact) mass is 477 g/mol. The molecule has 0 rings (SSSR count). The molecule has 0 aromatic heterocycles. The average molecular weight is 478 g/mol. The second-order valence-electron chi connectivity index (χ2n) is 7.67. The summed E-state index contributed by atoms with van der Waals surface area (Å²) in [6, 6.07) is -5.65. The molecule has 33 heavy (non-hydrogen) atoms. The zero-order valence-corrected chi connectivity index (χ0v) is 18.7. The maximum absolute atomic E-state index is 12.8. The van der Waals surface area contributed by atoms with Gasteiger partial charge in [-0.2, -0.15) is 0 Å². The molecule has 11 N–H and O–H groups in total. The van der Waals surface area contributed by atoms with Crippen molar-refractivity contribution in [3.05, 3.63) is 0 Å². The first-order chi connectivity index (χ1) is 15.3. The summed E-state index contributed by atoms with van der Waals surface area (Å²) in [6.45, 7) is 2.74. The van der Waals surface area contributed by atoms with E-state index in [-0.39, 0.29) is 12.8 Å². The number of nitrogens with one attached hydrogen (secondary N) is 3. The largest absolute Gasteiger partial charge is 0.481 e. The number of rotatable bonds is 16. The lowest BCUT2D eigenvalue weighted by molar-refractivity contribution is -0.145. The van der Waals surface area contributed by atoms with Gasteiger partial charge in [-0.1, -0.05) is 0 Å². The summed E-state index contributed by atoms with van der Waals surface area (Å²) in [4.78, 5) is 59.8. The van der Waals surface area contributed by atoms with E-state index in [1.165, 1.54) is 13.8 Å². The standard InChI is InChI=1S/C19H35N5O9/c1-9(25)14(21)18(31)23-12(6-7-13(27)28)16(29)22-11(5-3-4-8-20)17(30)24-15(10(2)26)19(32)33/h9-12,14-15,25-26H,3-8,20-21H2,1-2H3,(H,22,29)(H,23,31)(H,24,30)(H,27,28)(H,32,33). The molecule has 0 aliphatic carbocycles. The molecule has 0 bridgehead atoms. The number of carboxylic acid groups (broad SMARTS) is 2. The quantitative estimate of drug-likeness (QED) is 0.0990. The minimum Gasteiger partial charge on any atom is -0.481 e. The van der Waals surface area contributed by atoms with Gasteiger partial charge in [-0.05, 0) is 46.1 Å². The molecule has 190 valence electrons. The molecule has 0 aromatic carbocycles. The first-order valence-corrected chi connectivity index (χ1v) is 10.5. The molecule has 0 saturated carbocycles. The van der Waals surface area contributed by atoms with Crippen LogP contribution in [0.25, 0.3) is 0 Å². The van der Waals surface area contributed by atoms with Gasteiger partial charge in [0.1, 0.15) is 18.1 Å². The molecule has 0 heterocycles. The molecule has 0 aliphatic rings. The van der Waals surface area contributed by atoms with Crippen molar-refractivity contribution in [2.45, 2.75) is 82.3 Å². The van der Waals surface area contributed by atoms with Crippen LogP contribution in [0.5, 0.6) is 0 Å². The summed E-state index contributed by atoms with van der Waals surface area (Å²) in [6.07, 6.45) is -2.53. The molecular formula is C19H35N5O9. The van der Waals surface area contributed by atoms with Crippen molar-refractivity contribution in [3.63, 3.8) is 0 Å². The van der Waals surface area contributed by atoms with Gasteiger partial charge in [-0.15, -0.1) is 0 Å². The third-order valence-corrected chi connectivity index (χ3v) is 4.73. The third-order valence-electron chi connectivity index (χ3n) is 4.73. The molecule has 0 aromatic rings. The zero-order valence-electron chi connectivity index (χ0n) is 18.7. The predicted octanol–water partition coefficient (Wildman–Crippen LogP) is -3.39. The Balaban J connectivity index is 5.57. The number of aliphatic hydroxyl groups excluding tert-OH is 2. The maximum atomic E-state index is 12.8. The van der Waals surface area contributed by atoms with Crippen molar-refractivity contribution in [1.82, 2.24) is 16.0 Å². The van der Waals surface area contributed by atoms with Gasteiger partial charge in [0.05, 0.1) is 12.2 Å². The van der Waals surface area contributed by atoms with Crippen molar-refractivity contribution in [3.8, 4) is 0 Å². The highest BCUT2D eigenvalue weighted by Crippen LogP contribution is 2.06. The lowest BCUT2D eigenvalue weighted by Crippen LogP contribution is -2.59. The second-order valence-corrected chi connectivity index (χ2v) is 7.67. The zero-order chi connectivity index (χ0) is 25.7. The van der Waals surface area contributed by atoms with Gasteiger partial charge in [0, 0.05) is 6.42 Å². The molecule has 0 spiro atoms. The molecule has 0 saturated heterocycles. The number of unbranched alkanes of at least 4 members (excludes halogenated alkanes) is 1. The van der Waals surface area contributed by atoms with Crippen LogP contribution >= 0.6 is 0 Å². The SMILES string of the molecule is CC(O)C(N)C(=O)NC(CCC(=O)O)C(=O)NC(CCCCN)C(=O)NC(C(=O)O)C(C)O. The van der Waals surface area contributed by atoms with E-state index in [4.69, 9.17) is 21.7 Å². The molecule has 0 radical (unpaired) electrons. The molecule has 14 heteroatoms. The number of amides is 3. The fraction of sp³-hybridized carbons (Fsp3) is 0.737. The minimum atomic E-state index is -1.63. The average Bonchev–Trinajstić information content (AvgIpc) is 2.72. The Morgan fingerprint density at radius 3 is 1.76 bits per heavy atom. The van der Waals surface area contributed by atoms with Crippen molar-refractivity contribution in [2.24, 2.45) is 11.5 Å². The van der Waals surface area contributed by atoms with Crippen molar-refractivity contribution in [2.75, 3.05) is 6.54 Å². The molecule has 3 amide bonds. The van der Waals surface area contributed by atoms with Gasteiger partial charge in [-0.25, -0.2) is 4.79 Å². The van der Waals surface area contributed by atoms with Crippen LogP contribution in [0.2, 0.25) is 0 Å². The Hall–Kier alpha value is -2.81. The number of nitrogens with two attached hydrogens (primary N) is 2. The highest BCUT2D eigenvalue weighted by Gasteiger charge is 2.32. The first-order valence-electron chi connectivity index (χ1n) is 10.5. The summed E-state index contributed by atoms with van der Waals surface area (Å²) < 4.78 is 0. The van der Waals surface area contributed by atoms with Crippen molar-refractivity contribution in [1.29, 1.82) is 0 Å². The van der Waals surface area contributed by atoms with Crippen LogP contribution in [-0.4, -0.2) is 93.0 Å². The number of carboxylic acids is 2. The Kier molecular flexibility index (Phi) is 13.8. The van der Waals surface area contributed by atoms with Crippen molar-refractivity contribution < 1.29 is 44.4 Å². The molecular weight excluding hydrogens is 442 g/mol. The lowest BCUT2D eigenvalue weighted by atomic mass is 10.0. The number of carbonyl (C=O) groups excluding carboxylic acids is 3. The predicted molar refractivity (Wildman–Crippen MR) is 115 cm³/mol. The fourth-order valence-corrected chi connectivity index (χ4v) is 2.70. The third kappa shape index (κ3) is 11.6. The van der Waals surface area contributed by atoms with Gasteiger partial charge in [0.2, 0.25) is 17.7 Å². The van der Waals surface area contributed by atoms with E-state index in [2.05, 4.69) is 16.0 Å². The summed E-state index contributed by atoms with van der Waals surface area (Å²) in [5.41, 5.74) is 11.0. The summed E-state index contributed by atoms with van der Waals surface area (Å²) in [5.74, 6) is -5.42. The van der Waals surface area contributed by atoms with Crippen LogP contribution in [0.1, 0.15) is 46.0 Å². The number of aliphatic hydroxyl groups is 2. The second kappa shape index (κ2) is 15.1. The van der Waals surface area contributed by atoms with E-state index >= 15 is 0 Å². The molecule has 6 unspecified atom stereocenters. The van der Waals surface area contributed by atoms with Crippen LogP contribution in [0.15, 0.2) is 0 Å². The fourth-order valence-electron chi connectivity index (χ4n) is 2.70. The molecule has 0 fully saturated rings. The number of carbonyl (C=O) groups is 5. The topological polar surface area (TPSA) is 254 Å². The first kappa shape index (κ1) is 30.2. The van der Waals surface area contributed by atoms with Crippen LogP contribution < -0.4 is 27.4 Å². The Bertz CT molecular complexity index is 687. The Morgan fingerprint density at radius 2 is 1.30 bits per heavy atom. The molecule has 0 aliphatic heterocycles. The molecule has 14 nitrogen and oxygen atoms in total. The summed E-state index contributed by atoms with van der Waals surface area (Å²) in [7, 11) is 0. The van der Waals surface area contributed by atoms with Crippen LogP contribution in [0.3, 0.4) is 0 Å². The van der Waals surface area contributed by atoms with Gasteiger partial charge in [-0.3, -0.25) is 19.2 Å². The van der Waals surface area contributed by atoms with E-state index in [9.17, 15) is 34.2 Å². The number of aliphatic carboxylic acids is 2. The highest BCUT2D eigenvalue weighted by atomic mass is 16.4. The van der Waals surface area contributed by atoms with Crippen LogP contribution in [0, 0.1) is 0 Å². The van der Waals surface area contributed by atoms with Crippen LogP contribution in [-0.2, 0) is 24.0 Å². The normalized spacial score (nSPS) is 16.4. The van der Waals surface area contributed by atoms with Gasteiger partial charge in [0.25, 0.3) is 0 Å². The van der Waals surface area contributed by atoms with E-state index < -0.39 is 72.5 Å². The number of hydrogen-bond donors (Lipinski definition) is 9. The van der Waals surface area contributed by atoms with E-state index in [0.717, 1.165) is 0 Å². The molecule has 6 atom stereocenters. The number of hydrogen-bond acceptors (Lipinski definition) is 9.